The highest BCUT2D eigenvalue weighted by molar-refractivity contribution is 9.11. The van der Waals surface area contributed by atoms with E-state index in [9.17, 15) is 4.79 Å². The van der Waals surface area contributed by atoms with Crippen LogP contribution in [0.3, 0.4) is 0 Å². The molecular formula is C10H11BrN2OS2. The van der Waals surface area contributed by atoms with Crippen LogP contribution in [0.15, 0.2) is 15.2 Å². The molecule has 86 valence electrons. The van der Waals surface area contributed by atoms with Gasteiger partial charge in [0, 0.05) is 11.9 Å². The number of thiocarbonyl (C=S) groups is 1. The second-order valence-electron chi connectivity index (χ2n) is 3.70. The van der Waals surface area contributed by atoms with Crippen molar-refractivity contribution in [1.29, 1.82) is 0 Å². The first kappa shape index (κ1) is 12.0. The van der Waals surface area contributed by atoms with Crippen LogP contribution in [0.4, 0.5) is 0 Å². The van der Waals surface area contributed by atoms with E-state index in [1.165, 1.54) is 11.3 Å². The second kappa shape index (κ2) is 4.81. The average Bonchev–Trinajstić information content (AvgIpc) is 2.84. The van der Waals surface area contributed by atoms with E-state index < -0.39 is 0 Å². The fourth-order valence-electron chi connectivity index (χ4n) is 1.89. The minimum absolute atomic E-state index is 0.0252. The highest BCUT2D eigenvalue weighted by Gasteiger charge is 2.31. The number of halogens is 1. The summed E-state index contributed by atoms with van der Waals surface area (Å²) < 4.78 is 0.960. The summed E-state index contributed by atoms with van der Waals surface area (Å²) >= 11 is 9.84. The number of nitrogens with two attached hydrogens (primary N) is 1. The second-order valence-corrected chi connectivity index (χ2v) is 6.46. The lowest BCUT2D eigenvalue weighted by atomic mass is 10.2. The molecule has 16 heavy (non-hydrogen) atoms. The first-order valence-electron chi connectivity index (χ1n) is 4.94. The summed E-state index contributed by atoms with van der Waals surface area (Å²) in [4.78, 5) is 14.4. The molecule has 1 saturated heterocycles. The van der Waals surface area contributed by atoms with Crippen LogP contribution in [-0.4, -0.2) is 28.4 Å². The summed E-state index contributed by atoms with van der Waals surface area (Å²) in [5, 5.41) is 1.85. The maximum atomic E-state index is 12.2. The summed E-state index contributed by atoms with van der Waals surface area (Å²) in [6, 6.07) is 1.77. The van der Waals surface area contributed by atoms with Crippen LogP contribution < -0.4 is 5.73 Å². The molecule has 1 amide bonds. The zero-order valence-electron chi connectivity index (χ0n) is 8.48. The van der Waals surface area contributed by atoms with Crippen molar-refractivity contribution in [2.45, 2.75) is 18.9 Å². The van der Waals surface area contributed by atoms with Crippen molar-refractivity contribution in [1.82, 2.24) is 4.90 Å². The molecule has 1 aliphatic rings. The van der Waals surface area contributed by atoms with Gasteiger partial charge in [-0.1, -0.05) is 12.2 Å². The van der Waals surface area contributed by atoms with Crippen LogP contribution in [-0.2, 0) is 0 Å². The van der Waals surface area contributed by atoms with Crippen LogP contribution in [0, 0.1) is 0 Å². The Morgan fingerprint density at radius 3 is 3.00 bits per heavy atom. The lowest BCUT2D eigenvalue weighted by Crippen LogP contribution is -2.42. The Kier molecular flexibility index (Phi) is 3.61. The average molecular weight is 319 g/mol. The molecule has 0 aromatic carbocycles. The molecule has 1 aliphatic heterocycles. The van der Waals surface area contributed by atoms with Crippen molar-refractivity contribution in [3.8, 4) is 0 Å². The minimum Gasteiger partial charge on any atom is -0.392 e. The molecule has 2 rings (SSSR count). The monoisotopic (exact) mass is 318 g/mol. The highest BCUT2D eigenvalue weighted by atomic mass is 79.9. The fraction of sp³-hybridized carbons (Fsp3) is 0.400. The number of carbonyl (C=O) groups excluding carboxylic acids is 1. The van der Waals surface area contributed by atoms with Gasteiger partial charge in [0.2, 0.25) is 0 Å². The molecule has 6 heteroatoms. The van der Waals surface area contributed by atoms with E-state index in [2.05, 4.69) is 15.9 Å². The topological polar surface area (TPSA) is 46.3 Å². The Morgan fingerprint density at radius 2 is 2.44 bits per heavy atom. The molecule has 0 aliphatic carbocycles. The van der Waals surface area contributed by atoms with Gasteiger partial charge in [-0.15, -0.1) is 11.3 Å². The van der Waals surface area contributed by atoms with Crippen molar-refractivity contribution >= 4 is 50.4 Å². The summed E-state index contributed by atoms with van der Waals surface area (Å²) in [5.41, 5.74) is 6.35. The van der Waals surface area contributed by atoms with Gasteiger partial charge in [-0.2, -0.15) is 0 Å². The largest absolute Gasteiger partial charge is 0.392 e. The van der Waals surface area contributed by atoms with E-state index in [-0.39, 0.29) is 11.9 Å². The van der Waals surface area contributed by atoms with Gasteiger partial charge in [0.15, 0.2) is 0 Å². The predicted molar refractivity (Wildman–Crippen MR) is 72.9 cm³/mol. The summed E-state index contributed by atoms with van der Waals surface area (Å²) in [5.74, 6) is 0.0252. The van der Waals surface area contributed by atoms with Gasteiger partial charge in [-0.25, -0.2) is 0 Å². The molecule has 0 radical (unpaired) electrons. The third kappa shape index (κ3) is 2.28. The molecular weight excluding hydrogens is 308 g/mol. The fourth-order valence-corrected chi connectivity index (χ4v) is 3.27. The van der Waals surface area contributed by atoms with E-state index in [1.54, 1.807) is 4.90 Å². The number of hydrogen-bond donors (Lipinski definition) is 1. The molecule has 1 aromatic rings. The summed E-state index contributed by atoms with van der Waals surface area (Å²) in [6.45, 7) is 0.744. The van der Waals surface area contributed by atoms with Gasteiger partial charge in [-0.05, 0) is 34.8 Å². The third-order valence-electron chi connectivity index (χ3n) is 2.66. The lowest BCUT2D eigenvalue weighted by Gasteiger charge is -2.23. The molecule has 1 atom stereocenters. The van der Waals surface area contributed by atoms with E-state index in [0.717, 1.165) is 23.2 Å². The molecule has 1 fully saturated rings. The minimum atomic E-state index is -0.0684. The van der Waals surface area contributed by atoms with Crippen molar-refractivity contribution in [2.75, 3.05) is 6.54 Å². The van der Waals surface area contributed by atoms with Crippen LogP contribution in [0.1, 0.15) is 23.2 Å². The summed E-state index contributed by atoms with van der Waals surface area (Å²) in [6.07, 6.45) is 1.85. The van der Waals surface area contributed by atoms with Gasteiger partial charge in [0.05, 0.1) is 20.4 Å². The van der Waals surface area contributed by atoms with Gasteiger partial charge < -0.3 is 10.6 Å². The molecule has 0 spiro atoms. The number of thiophene rings is 1. The Hall–Kier alpha value is -0.460. The van der Waals surface area contributed by atoms with Gasteiger partial charge in [0.1, 0.15) is 0 Å². The van der Waals surface area contributed by atoms with E-state index >= 15 is 0 Å². The number of likely N-dealkylation sites (tertiary alicyclic amines) is 1. The standard InChI is InChI=1S/C10H11BrN2OS2/c11-8-4-6(5-16-8)10(14)13-3-1-2-7(13)9(12)15/h4-5,7H,1-3H2,(H2,12,15). The van der Waals surface area contributed by atoms with Crippen molar-refractivity contribution < 1.29 is 4.79 Å². The SMILES string of the molecule is NC(=S)C1CCCN1C(=O)c1csc(Br)c1. The Bertz CT molecular complexity index is 432. The molecule has 1 aromatic heterocycles. The lowest BCUT2D eigenvalue weighted by molar-refractivity contribution is 0.0771. The molecule has 3 nitrogen and oxygen atoms in total. The molecule has 1 unspecified atom stereocenters. The number of amides is 1. The van der Waals surface area contributed by atoms with Crippen molar-refractivity contribution in [3.05, 3.63) is 20.8 Å². The van der Waals surface area contributed by atoms with Gasteiger partial charge in [0.25, 0.3) is 5.91 Å². The molecule has 2 heterocycles. The molecule has 0 bridgehead atoms. The van der Waals surface area contributed by atoms with Gasteiger partial charge in [-0.3, -0.25) is 4.79 Å². The maximum Gasteiger partial charge on any atom is 0.255 e. The number of nitrogens with zero attached hydrogens (tertiary/aromatic N) is 1. The zero-order chi connectivity index (χ0) is 11.7. The van der Waals surface area contributed by atoms with Crippen molar-refractivity contribution in [2.24, 2.45) is 5.73 Å². The quantitative estimate of drug-likeness (QED) is 0.852. The number of carbonyl (C=O) groups is 1. The van der Waals surface area contributed by atoms with E-state index in [1.807, 2.05) is 11.4 Å². The Morgan fingerprint density at radius 1 is 1.69 bits per heavy atom. The van der Waals surface area contributed by atoms with Crippen LogP contribution in [0.5, 0.6) is 0 Å². The summed E-state index contributed by atoms with van der Waals surface area (Å²) in [7, 11) is 0. The van der Waals surface area contributed by atoms with Crippen LogP contribution >= 0.6 is 39.5 Å². The molecule has 2 N–H and O–H groups in total. The van der Waals surface area contributed by atoms with Crippen molar-refractivity contribution in [3.63, 3.8) is 0 Å². The Balaban J connectivity index is 2.18. The maximum absolute atomic E-state index is 12.2. The number of hydrogen-bond acceptors (Lipinski definition) is 3. The normalized spacial score (nSPS) is 20.1. The smallest absolute Gasteiger partial charge is 0.255 e. The van der Waals surface area contributed by atoms with E-state index in [0.29, 0.717) is 10.6 Å². The predicted octanol–water partition coefficient (Wildman–Crippen LogP) is 2.40. The first-order valence-corrected chi connectivity index (χ1v) is 7.02. The highest BCUT2D eigenvalue weighted by Crippen LogP contribution is 2.25. The van der Waals surface area contributed by atoms with Gasteiger partial charge >= 0.3 is 0 Å². The molecule has 0 saturated carbocycles. The zero-order valence-corrected chi connectivity index (χ0v) is 11.7. The Labute approximate surface area is 112 Å². The van der Waals surface area contributed by atoms with E-state index in [4.69, 9.17) is 18.0 Å². The van der Waals surface area contributed by atoms with Crippen LogP contribution in [0.2, 0.25) is 0 Å². The first-order chi connectivity index (χ1) is 7.59. The third-order valence-corrected chi connectivity index (χ3v) is 4.43. The number of rotatable bonds is 2. The van der Waals surface area contributed by atoms with Crippen LogP contribution in [0.25, 0.3) is 0 Å².